The minimum absolute atomic E-state index is 0.145. The Bertz CT molecular complexity index is 1540. The van der Waals surface area contributed by atoms with Gasteiger partial charge in [0.25, 0.3) is 5.91 Å². The Morgan fingerprint density at radius 2 is 1.85 bits per heavy atom. The van der Waals surface area contributed by atoms with Crippen molar-refractivity contribution in [2.75, 3.05) is 0 Å². The molecular formula is C25H23BrN6O6S. The van der Waals surface area contributed by atoms with Gasteiger partial charge in [-0.25, -0.2) is 14.8 Å². The van der Waals surface area contributed by atoms with Crippen LogP contribution in [-0.2, 0) is 14.4 Å². The highest BCUT2D eigenvalue weighted by atomic mass is 79.9. The number of aromatic hydroxyl groups is 1. The van der Waals surface area contributed by atoms with E-state index < -0.39 is 63.5 Å². The molecule has 0 aliphatic carbocycles. The fraction of sp³-hybridized carbons (Fsp3) is 0.320. The van der Waals surface area contributed by atoms with Gasteiger partial charge in [0.1, 0.15) is 29.0 Å². The van der Waals surface area contributed by atoms with Gasteiger partial charge in [0.05, 0.1) is 5.69 Å². The van der Waals surface area contributed by atoms with Crippen LogP contribution in [0, 0.1) is 6.92 Å². The van der Waals surface area contributed by atoms with Crippen LogP contribution in [0.4, 0.5) is 0 Å². The highest BCUT2D eigenvalue weighted by Crippen LogP contribution is 2.50. The first-order valence-electron chi connectivity index (χ1n) is 11.8. The molecule has 2 unspecified atom stereocenters. The van der Waals surface area contributed by atoms with E-state index in [4.69, 9.17) is 0 Å². The van der Waals surface area contributed by atoms with E-state index in [0.717, 1.165) is 0 Å². The van der Waals surface area contributed by atoms with Crippen LogP contribution in [0.2, 0.25) is 0 Å². The van der Waals surface area contributed by atoms with Crippen molar-refractivity contribution in [1.29, 1.82) is 0 Å². The van der Waals surface area contributed by atoms with Crippen LogP contribution in [0.5, 0.6) is 5.88 Å². The molecule has 4 heterocycles. The fourth-order valence-electron chi connectivity index (χ4n) is 4.73. The number of nitrogens with one attached hydrogen (secondary N) is 2. The van der Waals surface area contributed by atoms with Crippen molar-refractivity contribution in [2.24, 2.45) is 0 Å². The summed E-state index contributed by atoms with van der Waals surface area (Å²) in [5.74, 6) is -3.83. The fourth-order valence-corrected chi connectivity index (χ4v) is 6.66. The number of nitrogens with zero attached hydrogens (tertiary/aromatic N) is 4. The lowest BCUT2D eigenvalue weighted by atomic mass is 9.95. The molecule has 0 bridgehead atoms. The van der Waals surface area contributed by atoms with Gasteiger partial charge in [-0.3, -0.25) is 14.4 Å². The van der Waals surface area contributed by atoms with Gasteiger partial charge in [0.15, 0.2) is 11.3 Å². The quantitative estimate of drug-likeness (QED) is 0.300. The van der Waals surface area contributed by atoms with E-state index in [2.05, 4.69) is 41.5 Å². The van der Waals surface area contributed by atoms with E-state index in [1.165, 1.54) is 16.7 Å². The lowest BCUT2D eigenvalue weighted by Gasteiger charge is -2.44. The first-order valence-corrected chi connectivity index (χ1v) is 13.5. The normalized spacial score (nSPS) is 22.1. The Labute approximate surface area is 234 Å². The molecule has 2 aliphatic heterocycles. The molecule has 1 aromatic carbocycles. The third-order valence-electron chi connectivity index (χ3n) is 6.63. The minimum Gasteiger partial charge on any atom is -0.492 e. The van der Waals surface area contributed by atoms with Gasteiger partial charge in [-0.2, -0.15) is 4.98 Å². The zero-order valence-electron chi connectivity index (χ0n) is 20.9. The number of rotatable bonds is 6. The van der Waals surface area contributed by atoms with E-state index in [9.17, 15) is 29.4 Å². The summed E-state index contributed by atoms with van der Waals surface area (Å²) in [5, 5.41) is 24.8. The zero-order chi connectivity index (χ0) is 28.2. The van der Waals surface area contributed by atoms with Gasteiger partial charge in [-0.1, -0.05) is 30.3 Å². The molecule has 0 saturated carbocycles. The zero-order valence-corrected chi connectivity index (χ0v) is 23.3. The Balaban J connectivity index is 1.40. The monoisotopic (exact) mass is 614 g/mol. The largest absolute Gasteiger partial charge is 0.492 e. The Morgan fingerprint density at radius 1 is 1.15 bits per heavy atom. The second-order valence-corrected chi connectivity index (χ2v) is 12.3. The van der Waals surface area contributed by atoms with Crippen molar-refractivity contribution >= 4 is 62.5 Å². The molecule has 2 aromatic heterocycles. The van der Waals surface area contributed by atoms with Crippen molar-refractivity contribution < 1.29 is 29.4 Å². The number of thioether (sulfide) groups is 1. The van der Waals surface area contributed by atoms with E-state index in [0.29, 0.717) is 15.7 Å². The molecule has 0 spiro atoms. The average Bonchev–Trinajstić information content (AvgIpc) is 3.14. The molecule has 14 heteroatoms. The summed E-state index contributed by atoms with van der Waals surface area (Å²) >= 11 is 4.65. The van der Waals surface area contributed by atoms with Crippen LogP contribution in [0.3, 0.4) is 0 Å². The summed E-state index contributed by atoms with van der Waals surface area (Å²) < 4.78 is -0.118. The number of hydrogen-bond donors (Lipinski definition) is 4. The molecule has 12 nitrogen and oxygen atoms in total. The lowest BCUT2D eigenvalue weighted by Crippen LogP contribution is -2.71. The van der Waals surface area contributed by atoms with E-state index in [-0.39, 0.29) is 11.2 Å². The summed E-state index contributed by atoms with van der Waals surface area (Å²) in [7, 11) is 0. The number of carboxylic acid groups (broad SMARTS) is 1. The van der Waals surface area contributed by atoms with Crippen molar-refractivity contribution in [2.45, 2.75) is 49.0 Å². The number of aliphatic carboxylic acids is 1. The number of aromatic nitrogens is 3. The molecule has 39 heavy (non-hydrogen) atoms. The van der Waals surface area contributed by atoms with E-state index in [1.807, 2.05) is 0 Å². The number of amides is 3. The second-order valence-electron chi connectivity index (χ2n) is 9.70. The highest BCUT2D eigenvalue weighted by molar-refractivity contribution is 9.10. The first kappa shape index (κ1) is 26.8. The first-order chi connectivity index (χ1) is 18.4. The van der Waals surface area contributed by atoms with Crippen molar-refractivity contribution in [1.82, 2.24) is 30.5 Å². The smallest absolute Gasteiger partial charge is 0.327 e. The molecule has 4 N–H and O–H groups in total. The van der Waals surface area contributed by atoms with Gasteiger partial charge in [-0.05, 0) is 48.3 Å². The van der Waals surface area contributed by atoms with E-state index in [1.54, 1.807) is 57.2 Å². The maximum absolute atomic E-state index is 13.5. The number of carboxylic acids is 1. The number of benzene rings is 1. The minimum atomic E-state index is -1.25. The molecule has 3 amide bonds. The summed E-state index contributed by atoms with van der Waals surface area (Å²) in [4.78, 5) is 65.1. The van der Waals surface area contributed by atoms with Crippen LogP contribution in [0.15, 0.2) is 40.9 Å². The van der Waals surface area contributed by atoms with Crippen LogP contribution < -0.4 is 10.6 Å². The predicted octanol–water partition coefficient (Wildman–Crippen LogP) is 1.90. The molecule has 5 rings (SSSR count). The Hall–Kier alpha value is -3.78. The number of halogens is 1. The SMILES string of the molecule is Cc1nc2nc(O)c(C(=O)NC(C(=O)NC3C(=O)N4[C@@H]3SC(C)(C)[C@@H]4C(=O)O)c3ccccc3)nc2cc1Br. The summed E-state index contributed by atoms with van der Waals surface area (Å²) in [6.45, 7) is 5.21. The van der Waals surface area contributed by atoms with E-state index >= 15 is 0 Å². The number of fused-ring (bicyclic) bond motifs is 2. The van der Waals surface area contributed by atoms with Gasteiger partial charge in [-0.15, -0.1) is 11.8 Å². The van der Waals surface area contributed by atoms with Crippen molar-refractivity contribution in [3.63, 3.8) is 0 Å². The standard InChI is InChI=1S/C25H23BrN6O6S/c1-10-12(26)9-13-18(27-10)31-21(35)15(28-13)20(34)29-14(11-7-5-4-6-8-11)19(33)30-16-22(36)32-17(24(37)38)25(2,3)39-23(16)32/h4-9,14,16-17,23H,1-3H3,(H,29,34)(H,30,33)(H,37,38)(H,27,31,35)/t14?,16?,17-,23+/m0/s1. The summed E-state index contributed by atoms with van der Waals surface area (Å²) in [6, 6.07) is 6.74. The number of pyridine rings is 1. The number of β-lactam (4-membered cyclic amide) rings is 1. The molecule has 202 valence electrons. The number of carbonyl (C=O) groups is 4. The predicted molar refractivity (Wildman–Crippen MR) is 144 cm³/mol. The van der Waals surface area contributed by atoms with Crippen LogP contribution in [-0.4, -0.2) is 76.0 Å². The maximum atomic E-state index is 13.5. The third kappa shape index (κ3) is 4.67. The molecule has 0 radical (unpaired) electrons. The van der Waals surface area contributed by atoms with Gasteiger partial charge in [0, 0.05) is 9.22 Å². The van der Waals surface area contributed by atoms with Gasteiger partial charge < -0.3 is 25.7 Å². The molecule has 2 aliphatic rings. The Morgan fingerprint density at radius 3 is 2.51 bits per heavy atom. The van der Waals surface area contributed by atoms with Crippen LogP contribution in [0.25, 0.3) is 11.2 Å². The molecule has 2 fully saturated rings. The number of aryl methyl sites for hydroxylation is 1. The number of hydrogen-bond acceptors (Lipinski definition) is 9. The second kappa shape index (κ2) is 9.75. The molecule has 4 atom stereocenters. The van der Waals surface area contributed by atoms with Crippen molar-refractivity contribution in [3.8, 4) is 5.88 Å². The van der Waals surface area contributed by atoms with Crippen LogP contribution in [0.1, 0.15) is 41.6 Å². The lowest BCUT2D eigenvalue weighted by molar-refractivity contribution is -0.161. The Kier molecular flexibility index (Phi) is 6.71. The van der Waals surface area contributed by atoms with Gasteiger partial charge >= 0.3 is 5.97 Å². The van der Waals surface area contributed by atoms with Gasteiger partial charge in [0.2, 0.25) is 17.7 Å². The maximum Gasteiger partial charge on any atom is 0.327 e. The average molecular weight is 615 g/mol. The highest BCUT2D eigenvalue weighted by Gasteiger charge is 2.64. The van der Waals surface area contributed by atoms with Crippen LogP contribution >= 0.6 is 27.7 Å². The van der Waals surface area contributed by atoms with Crippen molar-refractivity contribution in [3.05, 3.63) is 57.8 Å². The summed E-state index contributed by atoms with van der Waals surface area (Å²) in [5.41, 5.74) is 1.04. The topological polar surface area (TPSA) is 175 Å². The molecule has 3 aromatic rings. The molecule has 2 saturated heterocycles. The third-order valence-corrected chi connectivity index (χ3v) is 9.00. The summed E-state index contributed by atoms with van der Waals surface area (Å²) in [6.07, 6.45) is 0. The number of carbonyl (C=O) groups excluding carboxylic acids is 3. The molecular weight excluding hydrogens is 592 g/mol.